The summed E-state index contributed by atoms with van der Waals surface area (Å²) in [7, 11) is 0. The van der Waals surface area contributed by atoms with Crippen LogP contribution in [0.5, 0.6) is 0 Å². The van der Waals surface area contributed by atoms with Crippen LogP contribution in [0.1, 0.15) is 251 Å². The predicted molar refractivity (Wildman–Crippen MR) is 244 cm³/mol. The van der Waals surface area contributed by atoms with E-state index in [1.807, 2.05) is 6.08 Å². The van der Waals surface area contributed by atoms with Crippen LogP contribution in [0.3, 0.4) is 0 Å². The molecule has 3 N–H and O–H groups in total. The maximum Gasteiger partial charge on any atom is 0.220 e. The molecule has 0 aliphatic rings. The van der Waals surface area contributed by atoms with Crippen molar-refractivity contribution in [1.82, 2.24) is 5.32 Å². The summed E-state index contributed by atoms with van der Waals surface area (Å²) in [6, 6.07) is -0.648. The molecule has 1 amide bonds. The monoisotopic (exact) mass is 770 g/mol. The van der Waals surface area contributed by atoms with Crippen LogP contribution < -0.4 is 5.32 Å². The number of nitrogens with one attached hydrogen (secondary N) is 1. The molecule has 0 fully saturated rings. The smallest absolute Gasteiger partial charge is 0.220 e. The lowest BCUT2D eigenvalue weighted by Gasteiger charge is -2.19. The van der Waals surface area contributed by atoms with Gasteiger partial charge in [-0.05, 0) is 70.6 Å². The van der Waals surface area contributed by atoms with Gasteiger partial charge in [0.1, 0.15) is 0 Å². The number of amides is 1. The summed E-state index contributed by atoms with van der Waals surface area (Å²) in [6.45, 7) is 4.30. The van der Waals surface area contributed by atoms with Crippen LogP contribution >= 0.6 is 0 Å². The molecule has 0 heterocycles. The van der Waals surface area contributed by atoms with Crippen molar-refractivity contribution >= 4 is 5.91 Å². The van der Waals surface area contributed by atoms with Gasteiger partial charge in [0, 0.05) is 6.42 Å². The van der Waals surface area contributed by atoms with Gasteiger partial charge >= 0.3 is 0 Å². The molecular formula is C51H95NO3. The van der Waals surface area contributed by atoms with E-state index in [4.69, 9.17) is 0 Å². The van der Waals surface area contributed by atoms with Crippen molar-refractivity contribution in [1.29, 1.82) is 0 Å². The van der Waals surface area contributed by atoms with Crippen molar-refractivity contribution in [2.24, 2.45) is 0 Å². The predicted octanol–water partition coefficient (Wildman–Crippen LogP) is 15.5. The second kappa shape index (κ2) is 46.7. The number of carbonyl (C=O) groups excluding carboxylic acids is 1. The zero-order valence-electron chi connectivity index (χ0n) is 36.9. The third-order valence-electron chi connectivity index (χ3n) is 11.0. The minimum Gasteiger partial charge on any atom is -0.394 e. The summed E-state index contributed by atoms with van der Waals surface area (Å²) in [5, 5.41) is 23.0. The summed E-state index contributed by atoms with van der Waals surface area (Å²) in [6.07, 6.45) is 63.8. The standard InChI is InChI=1S/C51H95NO3/c1-3-5-7-9-11-13-15-17-19-21-22-23-24-25-26-27-28-29-31-32-34-36-38-40-42-44-46-50(54)49(48-53)52-51(55)47-45-43-41-39-37-35-33-30-20-18-16-14-12-10-8-6-4-2/h18,20,29,31,36,38,44,46,49-50,53-54H,3-17,19,21-28,30,32-35,37,39-43,45,47-48H2,1-2H3,(H,52,55)/b20-18-,31-29+,38-36+,46-44+. The molecule has 4 heteroatoms. The average Bonchev–Trinajstić information content (AvgIpc) is 3.19. The van der Waals surface area contributed by atoms with Gasteiger partial charge in [-0.2, -0.15) is 0 Å². The SMILES string of the molecule is CCCCCCCC/C=C\CCCCCCCCCC(=O)NC(CO)C(O)/C=C/CC/C=C/CC/C=C/CCCCCCCCCCCCCCCCCC. The maximum absolute atomic E-state index is 12.4. The van der Waals surface area contributed by atoms with Crippen LogP contribution in [0, 0.1) is 0 Å². The molecule has 4 nitrogen and oxygen atoms in total. The first-order chi connectivity index (χ1) is 27.2. The van der Waals surface area contributed by atoms with Gasteiger partial charge in [-0.25, -0.2) is 0 Å². The third kappa shape index (κ3) is 43.3. The molecule has 0 bridgehead atoms. The van der Waals surface area contributed by atoms with Crippen LogP contribution in [0.15, 0.2) is 48.6 Å². The van der Waals surface area contributed by atoms with Crippen molar-refractivity contribution < 1.29 is 15.0 Å². The van der Waals surface area contributed by atoms with Crippen LogP contribution in [-0.2, 0) is 4.79 Å². The first kappa shape index (κ1) is 53.4. The largest absolute Gasteiger partial charge is 0.394 e. The number of aliphatic hydroxyl groups excluding tert-OH is 2. The topological polar surface area (TPSA) is 69.6 Å². The highest BCUT2D eigenvalue weighted by Crippen LogP contribution is 2.15. The highest BCUT2D eigenvalue weighted by molar-refractivity contribution is 5.76. The Labute approximate surface area is 344 Å². The molecule has 0 radical (unpaired) electrons. The summed E-state index contributed by atoms with van der Waals surface area (Å²) in [4.78, 5) is 12.4. The van der Waals surface area contributed by atoms with E-state index in [9.17, 15) is 15.0 Å². The second-order valence-corrected chi connectivity index (χ2v) is 16.5. The van der Waals surface area contributed by atoms with Gasteiger partial charge in [-0.3, -0.25) is 4.79 Å². The van der Waals surface area contributed by atoms with Gasteiger partial charge in [0.05, 0.1) is 18.8 Å². The zero-order valence-corrected chi connectivity index (χ0v) is 36.9. The van der Waals surface area contributed by atoms with Gasteiger partial charge in [0.15, 0.2) is 0 Å². The molecule has 0 aromatic carbocycles. The molecule has 2 atom stereocenters. The van der Waals surface area contributed by atoms with E-state index >= 15 is 0 Å². The van der Waals surface area contributed by atoms with Crippen LogP contribution in [0.2, 0.25) is 0 Å². The van der Waals surface area contributed by atoms with E-state index < -0.39 is 12.1 Å². The van der Waals surface area contributed by atoms with E-state index in [0.717, 1.165) is 38.5 Å². The molecule has 55 heavy (non-hydrogen) atoms. The lowest BCUT2D eigenvalue weighted by Crippen LogP contribution is -2.45. The van der Waals surface area contributed by atoms with E-state index in [0.29, 0.717) is 6.42 Å². The van der Waals surface area contributed by atoms with Gasteiger partial charge in [-0.15, -0.1) is 0 Å². The molecule has 0 saturated carbocycles. The summed E-state index contributed by atoms with van der Waals surface area (Å²) in [5.74, 6) is -0.0822. The first-order valence-electron chi connectivity index (χ1n) is 24.4. The molecule has 0 spiro atoms. The van der Waals surface area contributed by atoms with E-state index in [1.165, 1.54) is 193 Å². The molecule has 2 unspecified atom stereocenters. The molecular weight excluding hydrogens is 675 g/mol. The van der Waals surface area contributed by atoms with E-state index in [1.54, 1.807) is 6.08 Å². The normalized spacial score (nSPS) is 13.3. The third-order valence-corrected chi connectivity index (χ3v) is 11.0. The molecule has 0 aromatic heterocycles. The van der Waals surface area contributed by atoms with Gasteiger partial charge in [0.2, 0.25) is 5.91 Å². The Morgan fingerprint density at radius 2 is 0.709 bits per heavy atom. The summed E-state index contributed by atoms with van der Waals surface area (Å²) < 4.78 is 0. The van der Waals surface area contributed by atoms with Crippen molar-refractivity contribution in [3.05, 3.63) is 48.6 Å². The minimum atomic E-state index is -0.872. The molecule has 322 valence electrons. The lowest BCUT2D eigenvalue weighted by molar-refractivity contribution is -0.123. The highest BCUT2D eigenvalue weighted by Gasteiger charge is 2.17. The van der Waals surface area contributed by atoms with Crippen LogP contribution in [0.25, 0.3) is 0 Å². The van der Waals surface area contributed by atoms with Gasteiger partial charge in [-0.1, -0.05) is 223 Å². The fraction of sp³-hybridized carbons (Fsp3) is 0.824. The molecule has 0 aliphatic heterocycles. The minimum absolute atomic E-state index is 0.0822. The first-order valence-corrected chi connectivity index (χ1v) is 24.4. The maximum atomic E-state index is 12.4. The summed E-state index contributed by atoms with van der Waals surface area (Å²) in [5.41, 5.74) is 0. The Bertz CT molecular complexity index is 877. The van der Waals surface area contributed by atoms with Crippen molar-refractivity contribution in [2.45, 2.75) is 264 Å². The molecule has 0 saturated heterocycles. The number of aliphatic hydroxyl groups is 2. The second-order valence-electron chi connectivity index (χ2n) is 16.5. The Kier molecular flexibility index (Phi) is 45.3. The Balaban J connectivity index is 3.61. The van der Waals surface area contributed by atoms with Gasteiger partial charge in [0.25, 0.3) is 0 Å². The van der Waals surface area contributed by atoms with Gasteiger partial charge < -0.3 is 15.5 Å². The number of hydrogen-bond donors (Lipinski definition) is 3. The summed E-state index contributed by atoms with van der Waals surface area (Å²) >= 11 is 0. The zero-order chi connectivity index (χ0) is 40.0. The molecule has 0 rings (SSSR count). The van der Waals surface area contributed by atoms with E-state index in [2.05, 4.69) is 55.6 Å². The average molecular weight is 770 g/mol. The number of hydrogen-bond acceptors (Lipinski definition) is 3. The highest BCUT2D eigenvalue weighted by atomic mass is 16.3. The molecule has 0 aromatic rings. The lowest BCUT2D eigenvalue weighted by atomic mass is 10.0. The number of allylic oxidation sites excluding steroid dienone is 7. The number of carbonyl (C=O) groups is 1. The number of unbranched alkanes of at least 4 members (excludes halogenated alkanes) is 31. The van der Waals surface area contributed by atoms with Crippen LogP contribution in [-0.4, -0.2) is 34.9 Å². The van der Waals surface area contributed by atoms with E-state index in [-0.39, 0.29) is 12.5 Å². The Hall–Kier alpha value is -1.65. The fourth-order valence-electron chi connectivity index (χ4n) is 7.26. The number of rotatable bonds is 44. The Morgan fingerprint density at radius 3 is 1.05 bits per heavy atom. The quantitative estimate of drug-likeness (QED) is 0.0427. The Morgan fingerprint density at radius 1 is 0.418 bits per heavy atom. The molecule has 0 aliphatic carbocycles. The van der Waals surface area contributed by atoms with Crippen molar-refractivity contribution in [2.75, 3.05) is 6.61 Å². The van der Waals surface area contributed by atoms with Crippen LogP contribution in [0.4, 0.5) is 0 Å². The van der Waals surface area contributed by atoms with Crippen molar-refractivity contribution in [3.63, 3.8) is 0 Å². The van der Waals surface area contributed by atoms with Crippen molar-refractivity contribution in [3.8, 4) is 0 Å². The fourth-order valence-corrected chi connectivity index (χ4v) is 7.26.